The molecule has 0 aliphatic carbocycles. The van der Waals surface area contributed by atoms with Crippen molar-refractivity contribution in [3.8, 4) is 11.4 Å². The Morgan fingerprint density at radius 2 is 2.16 bits per heavy atom. The van der Waals surface area contributed by atoms with Crippen LogP contribution in [0.3, 0.4) is 0 Å². The summed E-state index contributed by atoms with van der Waals surface area (Å²) in [6, 6.07) is 7.29. The zero-order valence-electron chi connectivity index (χ0n) is 14.0. The molecule has 1 N–H and O–H groups in total. The van der Waals surface area contributed by atoms with Crippen molar-refractivity contribution in [2.24, 2.45) is 0 Å². The van der Waals surface area contributed by atoms with Crippen molar-refractivity contribution in [3.05, 3.63) is 41.7 Å². The molecule has 8 nitrogen and oxygen atoms in total. The van der Waals surface area contributed by atoms with Crippen LogP contribution in [0.2, 0.25) is 0 Å². The predicted octanol–water partition coefficient (Wildman–Crippen LogP) is 1.11. The van der Waals surface area contributed by atoms with Crippen molar-refractivity contribution in [2.75, 3.05) is 26.8 Å². The molecule has 8 heteroatoms. The molecule has 1 aromatic carbocycles. The molecule has 3 rings (SSSR count). The molecule has 0 bridgehead atoms. The number of carbonyl (C=O) groups excluding carboxylic acids is 1. The van der Waals surface area contributed by atoms with E-state index in [1.807, 2.05) is 25.1 Å². The van der Waals surface area contributed by atoms with E-state index >= 15 is 0 Å². The van der Waals surface area contributed by atoms with Gasteiger partial charge in [-0.25, -0.2) is 9.48 Å². The van der Waals surface area contributed by atoms with Crippen molar-refractivity contribution in [1.29, 1.82) is 0 Å². The summed E-state index contributed by atoms with van der Waals surface area (Å²) in [7, 11) is 1.57. The van der Waals surface area contributed by atoms with Crippen molar-refractivity contribution >= 4 is 11.9 Å². The van der Waals surface area contributed by atoms with Gasteiger partial charge in [-0.3, -0.25) is 4.79 Å². The van der Waals surface area contributed by atoms with E-state index in [4.69, 9.17) is 14.6 Å². The van der Waals surface area contributed by atoms with E-state index in [2.05, 4.69) is 5.10 Å². The van der Waals surface area contributed by atoms with Gasteiger partial charge in [0.25, 0.3) is 5.91 Å². The Morgan fingerprint density at radius 3 is 2.88 bits per heavy atom. The number of aliphatic carboxylic acids is 1. The molecular formula is C17H19N3O5. The molecule has 1 aliphatic rings. The molecule has 0 unspecified atom stereocenters. The highest BCUT2D eigenvalue weighted by Gasteiger charge is 2.30. The molecule has 2 aromatic rings. The lowest BCUT2D eigenvalue weighted by Crippen LogP contribution is -2.48. The van der Waals surface area contributed by atoms with Gasteiger partial charge in [-0.05, 0) is 30.7 Å². The molecule has 0 saturated carbocycles. The highest BCUT2D eigenvalue weighted by Crippen LogP contribution is 2.23. The number of nitrogens with zero attached hydrogens (tertiary/aromatic N) is 3. The fourth-order valence-corrected chi connectivity index (χ4v) is 2.70. The largest absolute Gasteiger partial charge is 0.494 e. The number of methoxy groups -OCH3 is 1. The summed E-state index contributed by atoms with van der Waals surface area (Å²) in [5.41, 5.74) is 2.01. The minimum absolute atomic E-state index is 0.00872. The first kappa shape index (κ1) is 17.0. The Balaban J connectivity index is 1.83. The van der Waals surface area contributed by atoms with E-state index in [1.54, 1.807) is 24.1 Å². The van der Waals surface area contributed by atoms with E-state index in [1.165, 1.54) is 4.90 Å². The zero-order valence-corrected chi connectivity index (χ0v) is 14.0. The molecule has 1 atom stereocenters. The van der Waals surface area contributed by atoms with Crippen molar-refractivity contribution in [1.82, 2.24) is 14.7 Å². The number of aromatic nitrogens is 2. The minimum Gasteiger partial charge on any atom is -0.494 e. The van der Waals surface area contributed by atoms with Gasteiger partial charge in [0.05, 0.1) is 20.3 Å². The van der Waals surface area contributed by atoms with Crippen LogP contribution in [-0.4, -0.2) is 64.6 Å². The molecule has 1 amide bonds. The molecule has 25 heavy (non-hydrogen) atoms. The molecule has 1 aliphatic heterocycles. The van der Waals surface area contributed by atoms with Gasteiger partial charge in [0, 0.05) is 12.7 Å². The van der Waals surface area contributed by atoms with Crippen molar-refractivity contribution in [3.63, 3.8) is 0 Å². The van der Waals surface area contributed by atoms with Crippen LogP contribution in [0.25, 0.3) is 5.69 Å². The quantitative estimate of drug-likeness (QED) is 0.892. The molecule has 1 fully saturated rings. The van der Waals surface area contributed by atoms with Crippen LogP contribution in [-0.2, 0) is 9.53 Å². The summed E-state index contributed by atoms with van der Waals surface area (Å²) in [4.78, 5) is 25.1. The lowest BCUT2D eigenvalue weighted by atomic mass is 10.2. The third kappa shape index (κ3) is 3.48. The maximum atomic E-state index is 12.6. The van der Waals surface area contributed by atoms with Crippen LogP contribution >= 0.6 is 0 Å². The number of benzene rings is 1. The fraction of sp³-hybridized carbons (Fsp3) is 0.353. The number of carboxylic acid groups (broad SMARTS) is 1. The SMILES string of the molecule is COc1ccc(C)cc1-n1ccc(C(=O)N2CCO[C@@H](C(=O)O)C2)n1. The predicted molar refractivity (Wildman–Crippen MR) is 88.1 cm³/mol. The van der Waals surface area contributed by atoms with E-state index in [-0.39, 0.29) is 24.8 Å². The summed E-state index contributed by atoms with van der Waals surface area (Å²) in [5, 5.41) is 13.4. The molecule has 132 valence electrons. The van der Waals surface area contributed by atoms with Crippen LogP contribution < -0.4 is 4.74 Å². The van der Waals surface area contributed by atoms with Gasteiger partial charge in [-0.2, -0.15) is 5.10 Å². The number of rotatable bonds is 4. The second-order valence-corrected chi connectivity index (χ2v) is 5.77. The monoisotopic (exact) mass is 345 g/mol. The lowest BCUT2D eigenvalue weighted by Gasteiger charge is -2.30. The first-order valence-electron chi connectivity index (χ1n) is 7.84. The summed E-state index contributed by atoms with van der Waals surface area (Å²) >= 11 is 0. The molecule has 1 saturated heterocycles. The van der Waals surface area contributed by atoms with Crippen LogP contribution in [0.4, 0.5) is 0 Å². The summed E-state index contributed by atoms with van der Waals surface area (Å²) in [6.45, 7) is 2.49. The first-order valence-corrected chi connectivity index (χ1v) is 7.84. The zero-order chi connectivity index (χ0) is 18.0. The van der Waals surface area contributed by atoms with Gasteiger partial charge in [-0.1, -0.05) is 6.07 Å². The topological polar surface area (TPSA) is 93.9 Å². The Kier molecular flexibility index (Phi) is 4.71. The Bertz CT molecular complexity index is 801. The molecular weight excluding hydrogens is 326 g/mol. The first-order chi connectivity index (χ1) is 12.0. The van der Waals surface area contributed by atoms with Gasteiger partial charge in [0.2, 0.25) is 0 Å². The van der Waals surface area contributed by atoms with Crippen LogP contribution in [0.1, 0.15) is 16.1 Å². The number of morpholine rings is 1. The Labute approximate surface area is 144 Å². The molecule has 0 spiro atoms. The number of carboxylic acids is 1. The number of carbonyl (C=O) groups is 2. The normalized spacial score (nSPS) is 17.4. The average molecular weight is 345 g/mol. The molecule has 1 aromatic heterocycles. The highest BCUT2D eigenvalue weighted by atomic mass is 16.5. The van der Waals surface area contributed by atoms with E-state index in [9.17, 15) is 9.59 Å². The van der Waals surface area contributed by atoms with Crippen LogP contribution in [0, 0.1) is 6.92 Å². The Hall–Kier alpha value is -2.87. The van der Waals surface area contributed by atoms with Crippen LogP contribution in [0.5, 0.6) is 5.75 Å². The van der Waals surface area contributed by atoms with E-state index in [0.717, 1.165) is 11.3 Å². The maximum absolute atomic E-state index is 12.6. The summed E-state index contributed by atoms with van der Waals surface area (Å²) in [6.07, 6.45) is 0.677. The third-order valence-electron chi connectivity index (χ3n) is 4.02. The highest BCUT2D eigenvalue weighted by molar-refractivity contribution is 5.92. The van der Waals surface area contributed by atoms with Crippen molar-refractivity contribution in [2.45, 2.75) is 13.0 Å². The fourth-order valence-electron chi connectivity index (χ4n) is 2.70. The Morgan fingerprint density at radius 1 is 1.36 bits per heavy atom. The van der Waals surface area contributed by atoms with Crippen LogP contribution in [0.15, 0.2) is 30.5 Å². The second-order valence-electron chi connectivity index (χ2n) is 5.77. The maximum Gasteiger partial charge on any atom is 0.334 e. The smallest absolute Gasteiger partial charge is 0.334 e. The number of hydrogen-bond donors (Lipinski definition) is 1. The molecule has 2 heterocycles. The van der Waals surface area contributed by atoms with Crippen molar-refractivity contribution < 1.29 is 24.2 Å². The standard InChI is InChI=1S/C17H19N3O5/c1-11-3-4-14(24-2)13(9-11)20-6-5-12(18-20)16(21)19-7-8-25-15(10-19)17(22)23/h3-6,9,15H,7-8,10H2,1-2H3,(H,22,23)/t15-/m1/s1. The van der Waals surface area contributed by atoms with Gasteiger partial charge in [0.15, 0.2) is 11.8 Å². The van der Waals surface area contributed by atoms with Gasteiger partial charge in [-0.15, -0.1) is 0 Å². The lowest BCUT2D eigenvalue weighted by molar-refractivity contribution is -0.154. The summed E-state index contributed by atoms with van der Waals surface area (Å²) in [5.74, 6) is -0.752. The number of hydrogen-bond acceptors (Lipinski definition) is 5. The number of aryl methyl sites for hydroxylation is 1. The third-order valence-corrected chi connectivity index (χ3v) is 4.02. The van der Waals surface area contributed by atoms with Gasteiger partial charge < -0.3 is 19.5 Å². The van der Waals surface area contributed by atoms with E-state index in [0.29, 0.717) is 12.3 Å². The second kappa shape index (κ2) is 6.94. The minimum atomic E-state index is -1.08. The summed E-state index contributed by atoms with van der Waals surface area (Å²) < 4.78 is 12.1. The van der Waals surface area contributed by atoms with E-state index < -0.39 is 12.1 Å². The van der Waals surface area contributed by atoms with Gasteiger partial charge in [0.1, 0.15) is 11.4 Å². The van der Waals surface area contributed by atoms with Gasteiger partial charge >= 0.3 is 5.97 Å². The number of amides is 1. The molecule has 0 radical (unpaired) electrons. The average Bonchev–Trinajstić information content (AvgIpc) is 3.11. The number of ether oxygens (including phenoxy) is 2.